The molecule has 0 aliphatic carbocycles. The zero-order valence-electron chi connectivity index (χ0n) is 16.7. The van der Waals surface area contributed by atoms with Crippen molar-refractivity contribution in [3.8, 4) is 0 Å². The van der Waals surface area contributed by atoms with E-state index in [1.807, 2.05) is 0 Å². The summed E-state index contributed by atoms with van der Waals surface area (Å²) in [7, 11) is 3.07. The van der Waals surface area contributed by atoms with E-state index in [0.29, 0.717) is 18.4 Å². The molecule has 1 saturated heterocycles. The van der Waals surface area contributed by atoms with Gasteiger partial charge in [0.05, 0.1) is 6.10 Å². The van der Waals surface area contributed by atoms with Gasteiger partial charge in [-0.3, -0.25) is 9.67 Å². The molecule has 27 heavy (non-hydrogen) atoms. The second-order valence-corrected chi connectivity index (χ2v) is 8.04. The van der Waals surface area contributed by atoms with E-state index in [0.717, 1.165) is 19.4 Å². The maximum absolute atomic E-state index is 13.1. The third kappa shape index (κ3) is 5.85. The topological polar surface area (TPSA) is 63.5 Å². The van der Waals surface area contributed by atoms with Crippen molar-refractivity contribution in [1.29, 1.82) is 0 Å². The van der Waals surface area contributed by atoms with Gasteiger partial charge in [-0.15, -0.1) is 0 Å². The minimum atomic E-state index is -4.48. The number of nitrogens with one attached hydrogen (secondary N) is 2. The van der Waals surface area contributed by atoms with E-state index >= 15 is 0 Å². The summed E-state index contributed by atoms with van der Waals surface area (Å²) in [6, 6.07) is 0. The number of ether oxygens (including phenoxy) is 1. The van der Waals surface area contributed by atoms with Gasteiger partial charge in [0.15, 0.2) is 11.7 Å². The minimum absolute atomic E-state index is 0.00772. The number of hydrogen-bond donors (Lipinski definition) is 2. The predicted molar refractivity (Wildman–Crippen MR) is 98.3 cm³/mol. The number of halogens is 3. The van der Waals surface area contributed by atoms with Crippen LogP contribution in [0, 0.1) is 11.3 Å². The Bertz CT molecular complexity index is 648. The lowest BCUT2D eigenvalue weighted by Gasteiger charge is -2.40. The molecule has 6 nitrogen and oxygen atoms in total. The molecule has 0 aromatic carbocycles. The Hall–Kier alpha value is -1.77. The van der Waals surface area contributed by atoms with E-state index in [2.05, 4.69) is 41.5 Å². The van der Waals surface area contributed by atoms with E-state index in [-0.39, 0.29) is 23.6 Å². The summed E-state index contributed by atoms with van der Waals surface area (Å²) in [5, 5.41) is 9.69. The van der Waals surface area contributed by atoms with Gasteiger partial charge in [0, 0.05) is 51.5 Å². The molecular formula is C18H30F3N5O. The fourth-order valence-corrected chi connectivity index (χ4v) is 3.54. The second kappa shape index (κ2) is 8.50. The third-order valence-electron chi connectivity index (χ3n) is 4.67. The highest BCUT2D eigenvalue weighted by Gasteiger charge is 2.37. The lowest BCUT2D eigenvalue weighted by Crippen LogP contribution is -2.47. The maximum Gasteiger partial charge on any atom is 0.435 e. The lowest BCUT2D eigenvalue weighted by molar-refractivity contribution is -0.142. The third-order valence-corrected chi connectivity index (χ3v) is 4.67. The molecule has 2 rings (SSSR count). The van der Waals surface area contributed by atoms with Crippen molar-refractivity contribution in [3.63, 3.8) is 0 Å². The molecule has 154 valence electrons. The van der Waals surface area contributed by atoms with Gasteiger partial charge >= 0.3 is 6.18 Å². The van der Waals surface area contributed by atoms with Crippen LogP contribution in [0.4, 0.5) is 13.2 Å². The van der Waals surface area contributed by atoms with Crippen LogP contribution in [0.1, 0.15) is 44.9 Å². The number of hydrogen-bond acceptors (Lipinski definition) is 3. The van der Waals surface area contributed by atoms with E-state index in [9.17, 15) is 13.2 Å². The Morgan fingerprint density at radius 3 is 2.63 bits per heavy atom. The Balaban J connectivity index is 1.95. The number of aliphatic imine (C=N–C) groups is 1. The molecule has 0 radical (unpaired) electrons. The van der Waals surface area contributed by atoms with Crippen LogP contribution in [-0.4, -0.2) is 42.0 Å². The normalized spacial score (nSPS) is 22.0. The van der Waals surface area contributed by atoms with Gasteiger partial charge in [0.1, 0.15) is 0 Å². The van der Waals surface area contributed by atoms with Crippen LogP contribution in [0.15, 0.2) is 11.2 Å². The smallest absolute Gasteiger partial charge is 0.377 e. The number of nitrogens with zero attached hydrogens (tertiary/aromatic N) is 3. The van der Waals surface area contributed by atoms with Crippen LogP contribution < -0.4 is 10.6 Å². The molecular weight excluding hydrogens is 359 g/mol. The molecule has 1 aliphatic heterocycles. The van der Waals surface area contributed by atoms with E-state index in [1.54, 1.807) is 7.05 Å². The molecule has 1 fully saturated rings. The standard InChI is InChI=1S/C18H30F3N5O/c1-17(2,3)15-12(7-6-8-27-15)9-23-16(22-4)24-10-13-11-26(5)25-14(13)18(19,20)21/h11-12,15H,6-10H2,1-5H3,(H2,22,23,24). The molecule has 2 unspecified atom stereocenters. The quantitative estimate of drug-likeness (QED) is 0.614. The fourth-order valence-electron chi connectivity index (χ4n) is 3.54. The van der Waals surface area contributed by atoms with Crippen LogP contribution in [0.25, 0.3) is 0 Å². The van der Waals surface area contributed by atoms with Crippen molar-refractivity contribution < 1.29 is 17.9 Å². The van der Waals surface area contributed by atoms with Crippen molar-refractivity contribution >= 4 is 5.96 Å². The van der Waals surface area contributed by atoms with Gasteiger partial charge in [-0.1, -0.05) is 20.8 Å². The van der Waals surface area contributed by atoms with Crippen LogP contribution in [0.5, 0.6) is 0 Å². The first kappa shape index (κ1) is 21.5. The van der Waals surface area contributed by atoms with Gasteiger partial charge in [-0.25, -0.2) is 0 Å². The van der Waals surface area contributed by atoms with E-state index < -0.39 is 11.9 Å². The van der Waals surface area contributed by atoms with Crippen LogP contribution in [-0.2, 0) is 24.5 Å². The van der Waals surface area contributed by atoms with Gasteiger partial charge in [-0.2, -0.15) is 18.3 Å². The number of alkyl halides is 3. The molecule has 2 N–H and O–H groups in total. The monoisotopic (exact) mass is 389 g/mol. The SMILES string of the molecule is CN=C(NCc1cn(C)nc1C(F)(F)F)NCC1CCCOC1C(C)(C)C. The molecule has 2 atom stereocenters. The highest BCUT2D eigenvalue weighted by Crippen LogP contribution is 2.33. The molecule has 0 amide bonds. The number of aryl methyl sites for hydroxylation is 1. The first-order valence-electron chi connectivity index (χ1n) is 9.18. The first-order chi connectivity index (χ1) is 12.5. The predicted octanol–water partition coefficient (Wildman–Crippen LogP) is 2.95. The molecule has 1 aromatic rings. The molecule has 0 bridgehead atoms. The highest BCUT2D eigenvalue weighted by molar-refractivity contribution is 5.79. The van der Waals surface area contributed by atoms with Crippen molar-refractivity contribution in [2.24, 2.45) is 23.4 Å². The van der Waals surface area contributed by atoms with Crippen LogP contribution in [0.2, 0.25) is 0 Å². The fraction of sp³-hybridized carbons (Fsp3) is 0.778. The Morgan fingerprint density at radius 2 is 2.04 bits per heavy atom. The Labute approximate surface area is 158 Å². The Morgan fingerprint density at radius 1 is 1.33 bits per heavy atom. The molecule has 0 spiro atoms. The number of rotatable bonds is 4. The van der Waals surface area contributed by atoms with Crippen LogP contribution >= 0.6 is 0 Å². The summed E-state index contributed by atoms with van der Waals surface area (Å²) >= 11 is 0. The van der Waals surface area contributed by atoms with Gasteiger partial charge in [-0.05, 0) is 18.3 Å². The average molecular weight is 389 g/mol. The maximum atomic E-state index is 13.1. The summed E-state index contributed by atoms with van der Waals surface area (Å²) in [6.45, 7) is 7.89. The van der Waals surface area contributed by atoms with Crippen molar-refractivity contribution in [1.82, 2.24) is 20.4 Å². The number of guanidine groups is 1. The molecule has 1 aliphatic rings. The van der Waals surface area contributed by atoms with Crippen molar-refractivity contribution in [2.75, 3.05) is 20.2 Å². The highest BCUT2D eigenvalue weighted by atomic mass is 19.4. The first-order valence-corrected chi connectivity index (χ1v) is 9.18. The van der Waals surface area contributed by atoms with E-state index in [1.165, 1.54) is 17.9 Å². The summed E-state index contributed by atoms with van der Waals surface area (Å²) in [6.07, 6.45) is -0.919. The lowest BCUT2D eigenvalue weighted by atomic mass is 9.78. The van der Waals surface area contributed by atoms with E-state index in [4.69, 9.17) is 4.74 Å². The molecule has 0 saturated carbocycles. The zero-order chi connectivity index (χ0) is 20.2. The zero-order valence-corrected chi connectivity index (χ0v) is 16.7. The van der Waals surface area contributed by atoms with Crippen LogP contribution in [0.3, 0.4) is 0 Å². The average Bonchev–Trinajstić information content (AvgIpc) is 2.95. The summed E-state index contributed by atoms with van der Waals surface area (Å²) in [5.74, 6) is 0.784. The minimum Gasteiger partial charge on any atom is -0.377 e. The van der Waals surface area contributed by atoms with Gasteiger partial charge in [0.2, 0.25) is 0 Å². The molecule has 2 heterocycles. The number of aromatic nitrogens is 2. The summed E-state index contributed by atoms with van der Waals surface area (Å²) in [5.41, 5.74) is -0.760. The second-order valence-electron chi connectivity index (χ2n) is 8.04. The summed E-state index contributed by atoms with van der Waals surface area (Å²) < 4.78 is 46.3. The van der Waals surface area contributed by atoms with Gasteiger partial charge < -0.3 is 15.4 Å². The summed E-state index contributed by atoms with van der Waals surface area (Å²) in [4.78, 5) is 4.12. The largest absolute Gasteiger partial charge is 0.435 e. The van der Waals surface area contributed by atoms with Crippen molar-refractivity contribution in [2.45, 2.75) is 52.4 Å². The molecule has 1 aromatic heterocycles. The molecule has 9 heteroatoms. The Kier molecular flexibility index (Phi) is 6.77. The van der Waals surface area contributed by atoms with Gasteiger partial charge in [0.25, 0.3) is 0 Å². The van der Waals surface area contributed by atoms with Crippen molar-refractivity contribution in [3.05, 3.63) is 17.5 Å².